The largest absolute Gasteiger partial charge is 0.387 e. The lowest BCUT2D eigenvalue weighted by Gasteiger charge is -2.38. The number of nitrogens with one attached hydrogen (secondary N) is 3. The van der Waals surface area contributed by atoms with Gasteiger partial charge in [0.1, 0.15) is 24.5 Å². The minimum absolute atomic E-state index is 0.0284. The van der Waals surface area contributed by atoms with Gasteiger partial charge in [-0.3, -0.25) is 16.0 Å². The minimum atomic E-state index is -0.947. The van der Waals surface area contributed by atoms with Gasteiger partial charge in [0.05, 0.1) is 25.0 Å². The van der Waals surface area contributed by atoms with E-state index in [4.69, 9.17) is 10.5 Å². The molecule has 7 atom stereocenters. The molecule has 5 fully saturated rings. The number of hydrogen-bond donors (Lipinski definition) is 6. The first-order chi connectivity index (χ1) is 17.5. The Morgan fingerprint density at radius 3 is 2.56 bits per heavy atom. The van der Waals surface area contributed by atoms with Gasteiger partial charge in [-0.05, 0) is 45.3 Å². The topological polar surface area (TPSA) is 125 Å². The van der Waals surface area contributed by atoms with Crippen molar-refractivity contribution in [1.29, 1.82) is 0 Å². The molecule has 11 heteroatoms. The summed E-state index contributed by atoms with van der Waals surface area (Å²) in [7, 11) is 2.09. The standard InChI is InChI=1S/C25H50N8O3/c1-30(10-11-31-8-5-9-32(13-12-31)14-18-6-3-2-4-7-18)15-19-21(34)22(35)25(36-19)33-17-29-20-23(26)27-16-28-24(20)33/h18-25,27-29,34-35H,2-17,26H2,1H3/t19-,20?,21-,22-,23?,24?,25?/m1/s1. The predicted octanol–water partition coefficient (Wildman–Crippen LogP) is -2.05. The molecule has 7 N–H and O–H groups in total. The van der Waals surface area contributed by atoms with Crippen molar-refractivity contribution in [2.45, 2.75) is 81.4 Å². The zero-order valence-corrected chi connectivity index (χ0v) is 22.1. The van der Waals surface area contributed by atoms with Crippen molar-refractivity contribution in [1.82, 2.24) is 35.6 Å². The van der Waals surface area contributed by atoms with Crippen LogP contribution in [0.1, 0.15) is 38.5 Å². The molecule has 0 radical (unpaired) electrons. The molecule has 1 saturated carbocycles. The van der Waals surface area contributed by atoms with Gasteiger partial charge in [-0.1, -0.05) is 19.3 Å². The van der Waals surface area contributed by atoms with Gasteiger partial charge in [-0.2, -0.15) is 0 Å². The summed E-state index contributed by atoms with van der Waals surface area (Å²) in [5, 5.41) is 31.6. The Hall–Kier alpha value is -0.440. The van der Waals surface area contributed by atoms with Crippen LogP contribution in [0.5, 0.6) is 0 Å². The second-order valence-corrected chi connectivity index (χ2v) is 11.8. The lowest BCUT2D eigenvalue weighted by molar-refractivity contribution is -0.106. The fourth-order valence-corrected chi connectivity index (χ4v) is 6.88. The van der Waals surface area contributed by atoms with Crippen molar-refractivity contribution >= 4 is 0 Å². The predicted molar refractivity (Wildman–Crippen MR) is 139 cm³/mol. The van der Waals surface area contributed by atoms with Crippen LogP contribution in [0.15, 0.2) is 0 Å². The minimum Gasteiger partial charge on any atom is -0.387 e. The van der Waals surface area contributed by atoms with Gasteiger partial charge in [0.15, 0.2) is 0 Å². The highest BCUT2D eigenvalue weighted by molar-refractivity contribution is 5.01. The van der Waals surface area contributed by atoms with Gasteiger partial charge in [-0.15, -0.1) is 0 Å². The third kappa shape index (κ3) is 6.40. The van der Waals surface area contributed by atoms with Crippen molar-refractivity contribution in [2.75, 3.05) is 72.7 Å². The molecular formula is C25H50N8O3. The quantitative estimate of drug-likeness (QED) is 0.216. The van der Waals surface area contributed by atoms with Gasteiger partial charge in [-0.25, -0.2) is 4.90 Å². The summed E-state index contributed by atoms with van der Waals surface area (Å²) in [6.07, 6.45) is 5.34. The molecular weight excluding hydrogens is 460 g/mol. The van der Waals surface area contributed by atoms with E-state index in [1.54, 1.807) is 0 Å². The summed E-state index contributed by atoms with van der Waals surface area (Å²) in [5.74, 6) is 0.915. The average Bonchev–Trinajstić information content (AvgIpc) is 3.33. The molecule has 0 aromatic rings. The summed E-state index contributed by atoms with van der Waals surface area (Å²) >= 11 is 0. The second-order valence-electron chi connectivity index (χ2n) is 11.8. The molecule has 0 amide bonds. The first kappa shape index (κ1) is 27.1. The lowest BCUT2D eigenvalue weighted by atomic mass is 9.89. The highest BCUT2D eigenvalue weighted by Gasteiger charge is 2.51. The molecule has 4 heterocycles. The molecule has 4 saturated heterocycles. The fourth-order valence-electron chi connectivity index (χ4n) is 6.88. The average molecular weight is 511 g/mol. The van der Waals surface area contributed by atoms with Crippen LogP contribution >= 0.6 is 0 Å². The molecule has 208 valence electrons. The van der Waals surface area contributed by atoms with E-state index < -0.39 is 24.5 Å². The van der Waals surface area contributed by atoms with Gasteiger partial charge in [0.25, 0.3) is 0 Å². The number of nitrogens with zero attached hydrogens (tertiary/aromatic N) is 4. The molecule has 11 nitrogen and oxygen atoms in total. The molecule has 4 unspecified atom stereocenters. The zero-order chi connectivity index (χ0) is 25.1. The van der Waals surface area contributed by atoms with Gasteiger partial charge < -0.3 is 35.4 Å². The Kier molecular flexibility index (Phi) is 9.51. The van der Waals surface area contributed by atoms with Crippen LogP contribution in [0.25, 0.3) is 0 Å². The van der Waals surface area contributed by atoms with Crippen LogP contribution in [0, 0.1) is 5.92 Å². The number of aliphatic hydroxyl groups excluding tert-OH is 2. The van der Waals surface area contributed by atoms with Crippen LogP contribution in [0.2, 0.25) is 0 Å². The van der Waals surface area contributed by atoms with Crippen molar-refractivity contribution in [3.63, 3.8) is 0 Å². The third-order valence-electron chi connectivity index (χ3n) is 9.12. The third-order valence-corrected chi connectivity index (χ3v) is 9.12. The summed E-state index contributed by atoms with van der Waals surface area (Å²) < 4.78 is 6.25. The molecule has 36 heavy (non-hydrogen) atoms. The van der Waals surface area contributed by atoms with Crippen molar-refractivity contribution in [2.24, 2.45) is 11.7 Å². The number of ether oxygens (including phenoxy) is 1. The van der Waals surface area contributed by atoms with Crippen molar-refractivity contribution in [3.05, 3.63) is 0 Å². The molecule has 4 aliphatic heterocycles. The maximum atomic E-state index is 10.8. The number of rotatable bonds is 8. The van der Waals surface area contributed by atoms with Crippen LogP contribution in [-0.2, 0) is 4.74 Å². The number of aliphatic hydroxyl groups is 2. The summed E-state index contributed by atoms with van der Waals surface area (Å²) in [4.78, 5) is 9.57. The maximum Gasteiger partial charge on any atom is 0.142 e. The first-order valence-electron chi connectivity index (χ1n) is 14.4. The molecule has 1 aliphatic carbocycles. The molecule has 5 rings (SSSR count). The van der Waals surface area contributed by atoms with Gasteiger partial charge >= 0.3 is 0 Å². The van der Waals surface area contributed by atoms with Gasteiger partial charge in [0, 0.05) is 45.9 Å². The number of likely N-dealkylation sites (N-methyl/N-ethyl adjacent to an activating group) is 1. The zero-order valence-electron chi connectivity index (χ0n) is 22.1. The SMILES string of the molecule is CN(CCN1CCCN(CC2CCCCC2)CC1)C[C@H]1OC(N2CNC3C(N)NCNC32)[C@H](O)[C@@H]1O. The summed E-state index contributed by atoms with van der Waals surface area (Å²) in [5.41, 5.74) is 6.18. The van der Waals surface area contributed by atoms with E-state index in [-0.39, 0.29) is 18.4 Å². The van der Waals surface area contributed by atoms with Crippen LogP contribution in [0.3, 0.4) is 0 Å². The summed E-state index contributed by atoms with van der Waals surface area (Å²) in [6.45, 7) is 9.70. The van der Waals surface area contributed by atoms with Gasteiger partial charge in [0.2, 0.25) is 0 Å². The smallest absolute Gasteiger partial charge is 0.142 e. The highest BCUT2D eigenvalue weighted by Crippen LogP contribution is 2.29. The molecule has 0 spiro atoms. The summed E-state index contributed by atoms with van der Waals surface area (Å²) in [6, 6.07) is 0.0284. The normalized spacial score (nSPS) is 40.1. The highest BCUT2D eigenvalue weighted by atomic mass is 16.6. The van der Waals surface area contributed by atoms with Crippen LogP contribution < -0.4 is 21.7 Å². The van der Waals surface area contributed by atoms with E-state index in [1.165, 1.54) is 58.2 Å². The molecule has 0 aromatic heterocycles. The van der Waals surface area contributed by atoms with Crippen molar-refractivity contribution < 1.29 is 14.9 Å². The lowest BCUT2D eigenvalue weighted by Crippen LogP contribution is -2.68. The van der Waals surface area contributed by atoms with E-state index in [9.17, 15) is 10.2 Å². The first-order valence-corrected chi connectivity index (χ1v) is 14.4. The monoisotopic (exact) mass is 510 g/mol. The molecule has 5 aliphatic rings. The number of hydrogen-bond acceptors (Lipinski definition) is 11. The van der Waals surface area contributed by atoms with E-state index in [1.807, 2.05) is 0 Å². The van der Waals surface area contributed by atoms with Crippen LogP contribution in [-0.4, -0.2) is 145 Å². The Morgan fingerprint density at radius 2 is 1.72 bits per heavy atom. The molecule has 0 bridgehead atoms. The molecule has 0 aromatic carbocycles. The number of nitrogens with two attached hydrogens (primary N) is 1. The number of fused-ring (bicyclic) bond motifs is 1. The van der Waals surface area contributed by atoms with E-state index >= 15 is 0 Å². The maximum absolute atomic E-state index is 10.8. The Morgan fingerprint density at radius 1 is 0.944 bits per heavy atom. The van der Waals surface area contributed by atoms with Crippen LogP contribution in [0.4, 0.5) is 0 Å². The van der Waals surface area contributed by atoms with E-state index in [0.717, 1.165) is 32.1 Å². The Labute approximate surface area is 216 Å². The van der Waals surface area contributed by atoms with E-state index in [0.29, 0.717) is 19.9 Å². The Bertz CT molecular complexity index is 686. The van der Waals surface area contributed by atoms with E-state index in [2.05, 4.69) is 42.6 Å². The fraction of sp³-hybridized carbons (Fsp3) is 1.00. The second kappa shape index (κ2) is 12.6. The Balaban J connectivity index is 1.04. The van der Waals surface area contributed by atoms with Crippen molar-refractivity contribution in [3.8, 4) is 0 Å².